The van der Waals surface area contributed by atoms with E-state index in [0.717, 1.165) is 25.7 Å². The number of carboxylic acid groups (broad SMARTS) is 2. The fourth-order valence-corrected chi connectivity index (χ4v) is 2.51. The molecular weight excluding hydrogens is 232 g/mol. The first-order chi connectivity index (χ1) is 8.40. The monoisotopic (exact) mass is 252 g/mol. The van der Waals surface area contributed by atoms with E-state index in [4.69, 9.17) is 10.2 Å². The third-order valence-corrected chi connectivity index (χ3v) is 3.64. The molecule has 0 aliphatic heterocycles. The van der Waals surface area contributed by atoms with Crippen molar-refractivity contribution >= 4 is 11.9 Å². The third kappa shape index (κ3) is 4.35. The maximum absolute atomic E-state index is 10.7. The van der Waals surface area contributed by atoms with Gasteiger partial charge < -0.3 is 10.2 Å². The van der Waals surface area contributed by atoms with Gasteiger partial charge in [-0.2, -0.15) is 0 Å². The SMILES string of the molecule is C=C(CC1CCC(CC(=C)C(=O)O)CC1)C(=O)O. The first kappa shape index (κ1) is 14.5. The highest BCUT2D eigenvalue weighted by atomic mass is 16.4. The van der Waals surface area contributed by atoms with Crippen LogP contribution in [0.4, 0.5) is 0 Å². The summed E-state index contributed by atoms with van der Waals surface area (Å²) in [4.78, 5) is 21.4. The van der Waals surface area contributed by atoms with Gasteiger partial charge in [0.25, 0.3) is 0 Å². The zero-order valence-electron chi connectivity index (χ0n) is 10.5. The van der Waals surface area contributed by atoms with E-state index in [1.807, 2.05) is 0 Å². The van der Waals surface area contributed by atoms with Crippen LogP contribution in [0.1, 0.15) is 38.5 Å². The lowest BCUT2D eigenvalue weighted by atomic mass is 9.77. The summed E-state index contributed by atoms with van der Waals surface area (Å²) >= 11 is 0. The van der Waals surface area contributed by atoms with Crippen molar-refractivity contribution in [1.82, 2.24) is 0 Å². The summed E-state index contributed by atoms with van der Waals surface area (Å²) in [6, 6.07) is 0. The zero-order chi connectivity index (χ0) is 13.7. The van der Waals surface area contributed by atoms with Gasteiger partial charge in [-0.15, -0.1) is 0 Å². The predicted molar refractivity (Wildman–Crippen MR) is 68.2 cm³/mol. The van der Waals surface area contributed by atoms with E-state index in [1.54, 1.807) is 0 Å². The number of aliphatic carboxylic acids is 2. The molecule has 0 unspecified atom stereocenters. The Labute approximate surface area is 107 Å². The Balaban J connectivity index is 2.33. The van der Waals surface area contributed by atoms with Crippen LogP contribution in [-0.4, -0.2) is 22.2 Å². The minimum atomic E-state index is -0.920. The molecule has 100 valence electrons. The molecule has 4 heteroatoms. The largest absolute Gasteiger partial charge is 0.478 e. The smallest absolute Gasteiger partial charge is 0.330 e. The Morgan fingerprint density at radius 2 is 1.11 bits per heavy atom. The number of rotatable bonds is 6. The normalized spacial score (nSPS) is 23.3. The molecule has 0 spiro atoms. The first-order valence-electron chi connectivity index (χ1n) is 6.22. The van der Waals surface area contributed by atoms with E-state index in [0.29, 0.717) is 24.7 Å². The minimum absolute atomic E-state index is 0.272. The number of carboxylic acids is 2. The zero-order valence-corrected chi connectivity index (χ0v) is 10.5. The van der Waals surface area contributed by atoms with Crippen LogP contribution in [0.5, 0.6) is 0 Å². The molecule has 18 heavy (non-hydrogen) atoms. The Hall–Kier alpha value is -1.58. The molecule has 0 aromatic carbocycles. The van der Waals surface area contributed by atoms with Crippen molar-refractivity contribution in [1.29, 1.82) is 0 Å². The lowest BCUT2D eigenvalue weighted by Gasteiger charge is -2.28. The molecular formula is C14H20O4. The van der Waals surface area contributed by atoms with Crippen LogP contribution in [0, 0.1) is 11.8 Å². The summed E-state index contributed by atoms with van der Waals surface area (Å²) in [5, 5.41) is 17.5. The van der Waals surface area contributed by atoms with Crippen LogP contribution in [0.15, 0.2) is 24.3 Å². The van der Waals surface area contributed by atoms with E-state index in [9.17, 15) is 9.59 Å². The Bertz CT molecular complexity index is 326. The summed E-state index contributed by atoms with van der Waals surface area (Å²) in [5.74, 6) is -1.08. The average Bonchev–Trinajstić information content (AvgIpc) is 2.31. The van der Waals surface area contributed by atoms with E-state index >= 15 is 0 Å². The van der Waals surface area contributed by atoms with E-state index in [1.165, 1.54) is 0 Å². The van der Waals surface area contributed by atoms with Crippen molar-refractivity contribution < 1.29 is 19.8 Å². The highest BCUT2D eigenvalue weighted by Crippen LogP contribution is 2.35. The Morgan fingerprint density at radius 1 is 0.833 bits per heavy atom. The average molecular weight is 252 g/mol. The molecule has 0 radical (unpaired) electrons. The van der Waals surface area contributed by atoms with E-state index in [-0.39, 0.29) is 11.1 Å². The molecule has 0 amide bonds. The van der Waals surface area contributed by atoms with Crippen LogP contribution in [0.3, 0.4) is 0 Å². The van der Waals surface area contributed by atoms with Crippen molar-refractivity contribution in [2.75, 3.05) is 0 Å². The second-order valence-corrected chi connectivity index (χ2v) is 5.11. The van der Waals surface area contributed by atoms with E-state index < -0.39 is 11.9 Å². The standard InChI is InChI=1S/C14H20O4/c1-9(13(15)16)7-11-3-5-12(6-4-11)8-10(2)14(17)18/h11-12H,1-8H2,(H,15,16)(H,17,18). The van der Waals surface area contributed by atoms with Crippen LogP contribution >= 0.6 is 0 Å². The van der Waals surface area contributed by atoms with Crippen LogP contribution in [-0.2, 0) is 9.59 Å². The summed E-state index contributed by atoms with van der Waals surface area (Å²) in [7, 11) is 0. The number of carbonyl (C=O) groups is 2. The predicted octanol–water partition coefficient (Wildman–Crippen LogP) is 2.85. The summed E-state index contributed by atoms with van der Waals surface area (Å²) in [6.45, 7) is 7.10. The van der Waals surface area contributed by atoms with Gasteiger partial charge in [-0.05, 0) is 50.4 Å². The number of hydrogen-bond donors (Lipinski definition) is 2. The quantitative estimate of drug-likeness (QED) is 0.713. The molecule has 2 N–H and O–H groups in total. The van der Waals surface area contributed by atoms with Crippen molar-refractivity contribution in [2.24, 2.45) is 11.8 Å². The topological polar surface area (TPSA) is 74.6 Å². The highest BCUT2D eigenvalue weighted by Gasteiger charge is 2.24. The molecule has 1 aliphatic carbocycles. The maximum Gasteiger partial charge on any atom is 0.330 e. The first-order valence-corrected chi connectivity index (χ1v) is 6.22. The van der Waals surface area contributed by atoms with Gasteiger partial charge in [0.15, 0.2) is 0 Å². The van der Waals surface area contributed by atoms with Gasteiger partial charge in [0.05, 0.1) is 0 Å². The van der Waals surface area contributed by atoms with Crippen LogP contribution in [0.2, 0.25) is 0 Å². The van der Waals surface area contributed by atoms with Crippen molar-refractivity contribution in [3.63, 3.8) is 0 Å². The molecule has 0 aromatic rings. The summed E-state index contributed by atoms with van der Waals surface area (Å²) < 4.78 is 0. The van der Waals surface area contributed by atoms with E-state index in [2.05, 4.69) is 13.2 Å². The summed E-state index contributed by atoms with van der Waals surface area (Å²) in [5.41, 5.74) is 0.543. The van der Waals surface area contributed by atoms with Gasteiger partial charge in [-0.3, -0.25) is 0 Å². The molecule has 0 atom stereocenters. The molecule has 1 aliphatic rings. The third-order valence-electron chi connectivity index (χ3n) is 3.64. The number of hydrogen-bond acceptors (Lipinski definition) is 2. The minimum Gasteiger partial charge on any atom is -0.478 e. The second-order valence-electron chi connectivity index (χ2n) is 5.11. The second kappa shape index (κ2) is 6.38. The fraction of sp³-hybridized carbons (Fsp3) is 0.571. The molecule has 0 heterocycles. The lowest BCUT2D eigenvalue weighted by Crippen LogP contribution is -2.18. The fourth-order valence-electron chi connectivity index (χ4n) is 2.51. The van der Waals surface area contributed by atoms with Crippen molar-refractivity contribution in [3.05, 3.63) is 24.3 Å². The molecule has 0 aromatic heterocycles. The molecule has 1 saturated carbocycles. The Kier molecular flexibility index (Phi) is 5.13. The van der Waals surface area contributed by atoms with Gasteiger partial charge in [-0.25, -0.2) is 9.59 Å². The van der Waals surface area contributed by atoms with Crippen molar-refractivity contribution in [3.8, 4) is 0 Å². The molecule has 0 bridgehead atoms. The molecule has 1 fully saturated rings. The van der Waals surface area contributed by atoms with Gasteiger partial charge in [0.1, 0.15) is 0 Å². The van der Waals surface area contributed by atoms with Gasteiger partial charge >= 0.3 is 11.9 Å². The highest BCUT2D eigenvalue weighted by molar-refractivity contribution is 5.86. The molecule has 1 rings (SSSR count). The van der Waals surface area contributed by atoms with Crippen LogP contribution < -0.4 is 0 Å². The van der Waals surface area contributed by atoms with Gasteiger partial charge in [0, 0.05) is 11.1 Å². The summed E-state index contributed by atoms with van der Waals surface area (Å²) in [6.07, 6.45) is 4.88. The lowest BCUT2D eigenvalue weighted by molar-refractivity contribution is -0.134. The van der Waals surface area contributed by atoms with Gasteiger partial charge in [0.2, 0.25) is 0 Å². The Morgan fingerprint density at radius 3 is 1.33 bits per heavy atom. The molecule has 0 saturated heterocycles. The molecule has 4 nitrogen and oxygen atoms in total. The van der Waals surface area contributed by atoms with Gasteiger partial charge in [-0.1, -0.05) is 13.2 Å². The van der Waals surface area contributed by atoms with Crippen molar-refractivity contribution in [2.45, 2.75) is 38.5 Å². The van der Waals surface area contributed by atoms with Crippen LogP contribution in [0.25, 0.3) is 0 Å². The maximum atomic E-state index is 10.7.